The van der Waals surface area contributed by atoms with Gasteiger partial charge in [-0.2, -0.15) is 0 Å². The Bertz CT molecular complexity index is 44.9. The van der Waals surface area contributed by atoms with Crippen LogP contribution < -0.4 is 0 Å². The number of rotatable bonds is 0. The van der Waals surface area contributed by atoms with E-state index in [-0.39, 0.29) is 5.12 Å². The monoisotopic (exact) mass is 114 g/mol. The van der Waals surface area contributed by atoms with Crippen LogP contribution in [0.15, 0.2) is 0 Å². The van der Waals surface area contributed by atoms with Crippen molar-refractivity contribution in [1.82, 2.24) is 0 Å². The van der Waals surface area contributed by atoms with Gasteiger partial charge in [0.2, 0.25) is 0 Å². The Kier molecular flexibility index (Phi) is 5.10. The third-order valence-corrected chi connectivity index (χ3v) is 3.56. The molecule has 0 bridgehead atoms. The van der Waals surface area contributed by atoms with Crippen molar-refractivity contribution in [3.8, 4) is 0 Å². The van der Waals surface area contributed by atoms with Gasteiger partial charge in [0.05, 0.1) is 0 Å². The Balaban J connectivity index is 2.85. The minimum absolute atomic E-state index is 0.255. The maximum atomic E-state index is 9.82. The third-order valence-electron chi connectivity index (χ3n) is 0.287. The molecule has 0 saturated carbocycles. The number of hydrogen-bond donors (Lipinski definition) is 0. The van der Waals surface area contributed by atoms with Gasteiger partial charge in [-0.25, -0.2) is 0 Å². The molecule has 0 spiro atoms. The van der Waals surface area contributed by atoms with E-state index in [1.54, 1.807) is 6.92 Å². The molecule has 0 aromatic rings. The third kappa shape index (κ3) is 5.66. The molecule has 0 heterocycles. The van der Waals surface area contributed by atoms with Crippen LogP contribution in [0.3, 0.4) is 0 Å². The van der Waals surface area contributed by atoms with Crippen LogP contribution in [0.5, 0.6) is 0 Å². The van der Waals surface area contributed by atoms with E-state index in [0.29, 0.717) is 46.7 Å². The summed E-state index contributed by atoms with van der Waals surface area (Å²) < 4.78 is 1.43. The average Bonchev–Trinajstić information content (AvgIpc) is 1.38. The molecule has 0 rings (SSSR count). The summed E-state index contributed by atoms with van der Waals surface area (Å²) in [6, 6.07) is 0. The molecular formula is C2H3KOS. The van der Waals surface area contributed by atoms with Crippen molar-refractivity contribution < 1.29 is 4.79 Å². The summed E-state index contributed by atoms with van der Waals surface area (Å²) in [5.74, 6) is 0. The molecule has 24 valence electrons. The van der Waals surface area contributed by atoms with E-state index in [4.69, 9.17) is 0 Å². The van der Waals surface area contributed by atoms with Gasteiger partial charge in [0, 0.05) is 0 Å². The summed E-state index contributed by atoms with van der Waals surface area (Å²) in [6.07, 6.45) is 0. The van der Waals surface area contributed by atoms with Crippen molar-refractivity contribution in [1.29, 1.82) is 0 Å². The number of hydrogen-bond acceptors (Lipinski definition) is 2. The summed E-state index contributed by atoms with van der Waals surface area (Å²) in [5.41, 5.74) is 0. The molecule has 0 aliphatic heterocycles. The molecule has 0 aromatic heterocycles. The zero-order chi connectivity index (χ0) is 4.28. The van der Waals surface area contributed by atoms with Crippen LogP contribution >= 0.6 is 3.55 Å². The average molecular weight is 114 g/mol. The standard InChI is InChI=1S/C2H4OS.K/c1-2(3)4;/h1H3,(H,3,4);/q;+1/p-1. The van der Waals surface area contributed by atoms with Gasteiger partial charge < -0.3 is 0 Å². The summed E-state index contributed by atoms with van der Waals surface area (Å²) >= 11 is 0.652. The van der Waals surface area contributed by atoms with E-state index < -0.39 is 0 Å². The van der Waals surface area contributed by atoms with Crippen LogP contribution in [-0.2, 0) is 4.79 Å². The fraction of sp³-hybridized carbons (Fsp3) is 0.500. The molecule has 0 saturated heterocycles. The predicted octanol–water partition coefficient (Wildman–Crippen LogP) is 0.350. The summed E-state index contributed by atoms with van der Waals surface area (Å²) in [5, 5.41) is 0.255. The van der Waals surface area contributed by atoms with Gasteiger partial charge >= 0.3 is 67.1 Å². The molecule has 0 aliphatic carbocycles. The molecule has 1 nitrogen and oxygen atoms in total. The summed E-state index contributed by atoms with van der Waals surface area (Å²) in [7, 11) is 0. The second kappa shape index (κ2) is 3.83. The molecule has 0 unspecified atom stereocenters. The van der Waals surface area contributed by atoms with Crippen molar-refractivity contribution in [3.63, 3.8) is 0 Å². The molecule has 3 heteroatoms. The van der Waals surface area contributed by atoms with E-state index in [9.17, 15) is 4.79 Å². The van der Waals surface area contributed by atoms with Crippen molar-refractivity contribution in [2.75, 3.05) is 0 Å². The minimum atomic E-state index is 0.255. The van der Waals surface area contributed by atoms with Gasteiger partial charge in [-0.15, -0.1) is 0 Å². The topological polar surface area (TPSA) is 17.1 Å². The van der Waals surface area contributed by atoms with Crippen LogP contribution in [0.2, 0.25) is 0 Å². The molecule has 0 radical (unpaired) electrons. The van der Waals surface area contributed by atoms with Crippen molar-refractivity contribution in [2.45, 2.75) is 6.92 Å². The first-order chi connectivity index (χ1) is 2.27. The molecule has 0 atom stereocenters. The van der Waals surface area contributed by atoms with E-state index in [1.807, 2.05) is 0 Å². The Morgan fingerprint density at radius 1 is 2.00 bits per heavy atom. The van der Waals surface area contributed by atoms with E-state index in [2.05, 4.69) is 0 Å². The second-order valence-corrected chi connectivity index (χ2v) is 3.59. The second-order valence-electron chi connectivity index (χ2n) is 0.696. The number of carbonyl (C=O) groups excluding carboxylic acids is 1. The number of carbonyl (C=O) groups is 1. The fourth-order valence-electron chi connectivity index (χ4n) is 0. The summed E-state index contributed by atoms with van der Waals surface area (Å²) in [4.78, 5) is 9.82. The van der Waals surface area contributed by atoms with Gasteiger partial charge in [-0.05, 0) is 0 Å². The summed E-state index contributed by atoms with van der Waals surface area (Å²) in [6.45, 7) is 1.59. The van der Waals surface area contributed by atoms with Gasteiger partial charge in [0.25, 0.3) is 0 Å². The maximum absolute atomic E-state index is 9.82. The van der Waals surface area contributed by atoms with E-state index >= 15 is 0 Å². The van der Waals surface area contributed by atoms with Crippen molar-refractivity contribution in [3.05, 3.63) is 0 Å². The van der Waals surface area contributed by atoms with Gasteiger partial charge in [0.1, 0.15) is 0 Å². The van der Waals surface area contributed by atoms with E-state index in [1.165, 1.54) is 3.55 Å². The Hall–Kier alpha value is 1.66. The molecule has 0 amide bonds. The van der Waals surface area contributed by atoms with E-state index in [0.717, 1.165) is 0 Å². The quantitative estimate of drug-likeness (QED) is 0.423. The fourth-order valence-corrected chi connectivity index (χ4v) is 0. The Morgan fingerprint density at radius 3 is 2.20 bits per heavy atom. The van der Waals surface area contributed by atoms with Crippen LogP contribution in [0.4, 0.5) is 0 Å². The zero-order valence-corrected chi connectivity index (χ0v) is 7.26. The first-order valence-electron chi connectivity index (χ1n) is 1.32. The predicted molar refractivity (Wildman–Crippen MR) is 24.0 cm³/mol. The van der Waals surface area contributed by atoms with Gasteiger partial charge in [-0.1, -0.05) is 0 Å². The Morgan fingerprint density at radius 2 is 2.20 bits per heavy atom. The molecule has 0 aromatic carbocycles. The molecular weight excluding hydrogens is 111 g/mol. The SMILES string of the molecule is CC(=O)[S][K]. The normalized spacial score (nSPS) is 7.80. The van der Waals surface area contributed by atoms with Crippen LogP contribution in [-0.4, -0.2) is 51.8 Å². The van der Waals surface area contributed by atoms with Crippen LogP contribution in [0.25, 0.3) is 0 Å². The van der Waals surface area contributed by atoms with Crippen LogP contribution in [0.1, 0.15) is 6.92 Å². The molecule has 5 heavy (non-hydrogen) atoms. The molecule has 0 N–H and O–H groups in total. The molecule has 0 aliphatic rings. The van der Waals surface area contributed by atoms with Crippen LogP contribution in [0, 0.1) is 0 Å². The van der Waals surface area contributed by atoms with Crippen molar-refractivity contribution in [2.24, 2.45) is 0 Å². The molecule has 0 fully saturated rings. The first kappa shape index (κ1) is 6.66. The first-order valence-corrected chi connectivity index (χ1v) is 6.37. The van der Waals surface area contributed by atoms with Gasteiger partial charge in [-0.3, -0.25) is 0 Å². The Labute approximate surface area is 65.6 Å². The van der Waals surface area contributed by atoms with Crippen molar-refractivity contribution >= 4 is 55.4 Å². The van der Waals surface area contributed by atoms with Gasteiger partial charge in [0.15, 0.2) is 0 Å². The zero-order valence-electron chi connectivity index (χ0n) is 3.32.